The Hall–Kier alpha value is -2.67. The zero-order valence-corrected chi connectivity index (χ0v) is 14.7. The Morgan fingerprint density at radius 3 is 2.60 bits per heavy atom. The van der Waals surface area contributed by atoms with E-state index in [1.165, 1.54) is 4.90 Å². The van der Waals surface area contributed by atoms with Gasteiger partial charge >= 0.3 is 0 Å². The van der Waals surface area contributed by atoms with Gasteiger partial charge in [-0.05, 0) is 36.4 Å². The van der Waals surface area contributed by atoms with Gasteiger partial charge in [0.15, 0.2) is 0 Å². The van der Waals surface area contributed by atoms with Crippen LogP contribution in [0, 0.1) is 0 Å². The summed E-state index contributed by atoms with van der Waals surface area (Å²) < 4.78 is 0.890. The van der Waals surface area contributed by atoms with Gasteiger partial charge in [0.1, 0.15) is 0 Å². The Labute approximate surface area is 152 Å². The molecule has 2 aromatic rings. The molecule has 0 saturated carbocycles. The van der Waals surface area contributed by atoms with Crippen LogP contribution in [0.2, 0.25) is 0 Å². The van der Waals surface area contributed by atoms with E-state index in [1.54, 1.807) is 48.5 Å². The number of anilines is 2. The molecule has 6 nitrogen and oxygen atoms in total. The first-order valence-corrected chi connectivity index (χ1v) is 8.62. The summed E-state index contributed by atoms with van der Waals surface area (Å²) in [4.78, 5) is 39.4. The average molecular weight is 400 g/mol. The summed E-state index contributed by atoms with van der Waals surface area (Å²) in [7, 11) is 0. The normalized spacial score (nSPS) is 21.4. The zero-order chi connectivity index (χ0) is 17.6. The number of fused-ring (bicyclic) bond motifs is 3. The summed E-state index contributed by atoms with van der Waals surface area (Å²) in [5.41, 5.74) is 0.0646. The van der Waals surface area contributed by atoms with Crippen molar-refractivity contribution in [3.63, 3.8) is 0 Å². The molecule has 2 aromatic carbocycles. The van der Waals surface area contributed by atoms with Crippen LogP contribution in [0.1, 0.15) is 23.2 Å². The fraction of sp³-hybridized carbons (Fsp3) is 0.167. The average Bonchev–Trinajstić information content (AvgIpc) is 2.95. The summed E-state index contributed by atoms with van der Waals surface area (Å²) in [6.07, 6.45) is 0.427. The third kappa shape index (κ3) is 2.42. The van der Waals surface area contributed by atoms with Crippen molar-refractivity contribution in [2.75, 3.05) is 10.2 Å². The van der Waals surface area contributed by atoms with Crippen molar-refractivity contribution in [1.82, 2.24) is 5.32 Å². The van der Waals surface area contributed by atoms with Crippen molar-refractivity contribution in [1.29, 1.82) is 0 Å². The lowest BCUT2D eigenvalue weighted by Crippen LogP contribution is -2.68. The van der Waals surface area contributed by atoms with E-state index in [0.29, 0.717) is 16.9 Å². The molecule has 2 aliphatic heterocycles. The third-order valence-electron chi connectivity index (χ3n) is 4.52. The maximum atomic E-state index is 13.0. The first-order valence-electron chi connectivity index (χ1n) is 7.83. The highest BCUT2D eigenvalue weighted by atomic mass is 79.9. The molecule has 25 heavy (non-hydrogen) atoms. The van der Waals surface area contributed by atoms with Gasteiger partial charge in [0.2, 0.25) is 11.6 Å². The van der Waals surface area contributed by atoms with Gasteiger partial charge in [-0.1, -0.05) is 28.1 Å². The van der Waals surface area contributed by atoms with E-state index in [-0.39, 0.29) is 24.7 Å². The fourth-order valence-corrected chi connectivity index (χ4v) is 3.60. The van der Waals surface area contributed by atoms with Crippen molar-refractivity contribution in [3.8, 4) is 0 Å². The molecule has 2 heterocycles. The molecule has 1 unspecified atom stereocenters. The highest BCUT2D eigenvalue weighted by Gasteiger charge is 2.56. The number of hydrogen-bond donors (Lipinski definition) is 2. The smallest absolute Gasteiger partial charge is 0.271 e. The largest absolute Gasteiger partial charge is 0.322 e. The van der Waals surface area contributed by atoms with Crippen LogP contribution < -0.4 is 15.5 Å². The maximum absolute atomic E-state index is 13.0. The van der Waals surface area contributed by atoms with Crippen molar-refractivity contribution in [3.05, 3.63) is 58.6 Å². The number of nitrogens with one attached hydrogen (secondary N) is 2. The van der Waals surface area contributed by atoms with Crippen molar-refractivity contribution in [2.24, 2.45) is 0 Å². The van der Waals surface area contributed by atoms with Crippen LogP contribution in [0.25, 0.3) is 0 Å². The second kappa shape index (κ2) is 5.70. The van der Waals surface area contributed by atoms with Crippen molar-refractivity contribution in [2.45, 2.75) is 18.5 Å². The summed E-state index contributed by atoms with van der Waals surface area (Å²) in [5, 5.41) is 5.56. The van der Waals surface area contributed by atoms with Crippen molar-refractivity contribution < 1.29 is 14.4 Å². The molecule has 4 rings (SSSR count). The number of para-hydroxylation sites is 1. The summed E-state index contributed by atoms with van der Waals surface area (Å²) in [6.45, 7) is 0. The minimum Gasteiger partial charge on any atom is -0.322 e. The molecule has 0 aliphatic carbocycles. The molecule has 0 spiro atoms. The molecule has 0 radical (unpaired) electrons. The first kappa shape index (κ1) is 15.8. The van der Waals surface area contributed by atoms with Crippen LogP contribution in [0.4, 0.5) is 11.4 Å². The van der Waals surface area contributed by atoms with Gasteiger partial charge in [-0.2, -0.15) is 0 Å². The highest BCUT2D eigenvalue weighted by Crippen LogP contribution is 2.39. The van der Waals surface area contributed by atoms with Gasteiger partial charge < -0.3 is 10.6 Å². The molecule has 7 heteroatoms. The Bertz CT molecular complexity index is 897. The van der Waals surface area contributed by atoms with E-state index < -0.39 is 11.6 Å². The molecule has 2 N–H and O–H groups in total. The lowest BCUT2D eigenvalue weighted by Gasteiger charge is -2.41. The molecule has 3 amide bonds. The van der Waals surface area contributed by atoms with Gasteiger partial charge in [0.25, 0.3) is 11.8 Å². The van der Waals surface area contributed by atoms with E-state index in [1.807, 2.05) is 0 Å². The summed E-state index contributed by atoms with van der Waals surface area (Å²) >= 11 is 3.34. The number of halogens is 1. The van der Waals surface area contributed by atoms with Crippen LogP contribution in [-0.4, -0.2) is 23.4 Å². The van der Waals surface area contributed by atoms with Crippen LogP contribution >= 0.6 is 15.9 Å². The predicted octanol–water partition coefficient (Wildman–Crippen LogP) is 2.65. The molecule has 1 atom stereocenters. The highest BCUT2D eigenvalue weighted by molar-refractivity contribution is 9.10. The van der Waals surface area contributed by atoms with E-state index in [9.17, 15) is 14.4 Å². The number of benzene rings is 2. The Kier molecular flexibility index (Phi) is 3.61. The van der Waals surface area contributed by atoms with E-state index in [4.69, 9.17) is 0 Å². The molecular weight excluding hydrogens is 386 g/mol. The van der Waals surface area contributed by atoms with E-state index in [0.717, 1.165) is 4.47 Å². The zero-order valence-electron chi connectivity index (χ0n) is 13.1. The Morgan fingerprint density at radius 2 is 1.84 bits per heavy atom. The van der Waals surface area contributed by atoms with Crippen molar-refractivity contribution >= 4 is 45.0 Å². The van der Waals surface area contributed by atoms with Gasteiger partial charge in [-0.25, -0.2) is 0 Å². The van der Waals surface area contributed by atoms with Gasteiger partial charge in [0.05, 0.1) is 11.3 Å². The SMILES string of the molecule is O=C1NC2(C(=O)Nc3ccc(Br)cc3)CCC(=O)N2c2ccccc21. The topological polar surface area (TPSA) is 78.5 Å². The number of nitrogens with zero attached hydrogens (tertiary/aromatic N) is 1. The van der Waals surface area contributed by atoms with Gasteiger partial charge in [-0.3, -0.25) is 19.3 Å². The first-order chi connectivity index (χ1) is 12.0. The molecule has 126 valence electrons. The molecule has 1 saturated heterocycles. The fourth-order valence-electron chi connectivity index (χ4n) is 3.34. The lowest BCUT2D eigenvalue weighted by atomic mass is 9.98. The second-order valence-corrected chi connectivity index (χ2v) is 6.94. The lowest BCUT2D eigenvalue weighted by molar-refractivity contribution is -0.124. The van der Waals surface area contributed by atoms with Gasteiger partial charge in [-0.15, -0.1) is 0 Å². The number of carbonyl (C=O) groups is 3. The molecule has 0 aromatic heterocycles. The number of hydrogen-bond acceptors (Lipinski definition) is 3. The summed E-state index contributed by atoms with van der Waals surface area (Å²) in [6, 6.07) is 13.9. The van der Waals surface area contributed by atoms with Gasteiger partial charge in [0, 0.05) is 23.0 Å². The standard InChI is InChI=1S/C18H14BrN3O3/c19-11-5-7-12(8-6-11)20-17(25)18-10-9-15(23)22(18)14-4-2-1-3-13(14)16(24)21-18/h1-8H,9-10H2,(H,20,25)(H,21,24). The number of amides is 3. The Balaban J connectivity index is 1.74. The molecular formula is C18H14BrN3O3. The quantitative estimate of drug-likeness (QED) is 0.814. The van der Waals surface area contributed by atoms with E-state index in [2.05, 4.69) is 26.6 Å². The number of carbonyl (C=O) groups excluding carboxylic acids is 3. The van der Waals surface area contributed by atoms with Crippen LogP contribution in [-0.2, 0) is 9.59 Å². The van der Waals surface area contributed by atoms with E-state index >= 15 is 0 Å². The minimum atomic E-state index is -1.39. The van der Waals surface area contributed by atoms with Crippen LogP contribution in [0.15, 0.2) is 53.0 Å². The number of rotatable bonds is 2. The predicted molar refractivity (Wildman–Crippen MR) is 96.1 cm³/mol. The molecule has 0 bridgehead atoms. The molecule has 2 aliphatic rings. The minimum absolute atomic E-state index is 0.182. The van der Waals surface area contributed by atoms with Crippen LogP contribution in [0.5, 0.6) is 0 Å². The monoisotopic (exact) mass is 399 g/mol. The molecule has 1 fully saturated rings. The maximum Gasteiger partial charge on any atom is 0.271 e. The van der Waals surface area contributed by atoms with Crippen LogP contribution in [0.3, 0.4) is 0 Å². The third-order valence-corrected chi connectivity index (χ3v) is 5.05. The second-order valence-electron chi connectivity index (χ2n) is 6.02. The Morgan fingerprint density at radius 1 is 1.12 bits per heavy atom. The summed E-state index contributed by atoms with van der Waals surface area (Å²) in [5.74, 6) is -0.963.